The molecule has 0 radical (unpaired) electrons. The van der Waals surface area contributed by atoms with Crippen LogP contribution in [0.5, 0.6) is 0 Å². The van der Waals surface area contributed by atoms with Crippen LogP contribution < -0.4 is 5.32 Å². The van der Waals surface area contributed by atoms with E-state index in [0.29, 0.717) is 5.69 Å². The molecular weight excluding hydrogens is 202 g/mol. The summed E-state index contributed by atoms with van der Waals surface area (Å²) in [5, 5.41) is 14.6. The fraction of sp³-hybridized carbons (Fsp3) is 0.333. The smallest absolute Gasteiger partial charge is 0.338 e. The number of nitrogens with one attached hydrogen (secondary N) is 1. The Balaban J connectivity index is 2.11. The SMILES string of the molecule is O=C(O)c1cscc1NC(=O)C1CC1. The molecular formula is C9H9NO3S. The van der Waals surface area contributed by atoms with Crippen LogP contribution >= 0.6 is 11.3 Å². The van der Waals surface area contributed by atoms with Crippen molar-refractivity contribution in [1.29, 1.82) is 0 Å². The summed E-state index contributed by atoms with van der Waals surface area (Å²) in [5.74, 6) is -0.972. The molecule has 1 aromatic rings. The monoisotopic (exact) mass is 211 g/mol. The van der Waals surface area contributed by atoms with Gasteiger partial charge in [0.05, 0.1) is 11.3 Å². The Morgan fingerprint density at radius 3 is 2.71 bits per heavy atom. The normalized spacial score (nSPS) is 15.1. The Morgan fingerprint density at radius 1 is 1.43 bits per heavy atom. The van der Waals surface area contributed by atoms with E-state index in [1.165, 1.54) is 16.7 Å². The third-order valence-electron chi connectivity index (χ3n) is 2.10. The largest absolute Gasteiger partial charge is 0.478 e. The highest BCUT2D eigenvalue weighted by Gasteiger charge is 2.30. The number of hydrogen-bond acceptors (Lipinski definition) is 3. The van der Waals surface area contributed by atoms with Gasteiger partial charge in [0.15, 0.2) is 0 Å². The quantitative estimate of drug-likeness (QED) is 0.801. The van der Waals surface area contributed by atoms with Gasteiger partial charge in [0.2, 0.25) is 5.91 Å². The maximum Gasteiger partial charge on any atom is 0.338 e. The van der Waals surface area contributed by atoms with E-state index in [2.05, 4.69) is 5.32 Å². The van der Waals surface area contributed by atoms with Crippen molar-refractivity contribution in [3.63, 3.8) is 0 Å². The summed E-state index contributed by atoms with van der Waals surface area (Å²) in [5.41, 5.74) is 0.586. The molecule has 1 amide bonds. The lowest BCUT2D eigenvalue weighted by atomic mass is 10.3. The summed E-state index contributed by atoms with van der Waals surface area (Å²) in [6.07, 6.45) is 1.83. The van der Waals surface area contributed by atoms with Gasteiger partial charge in [-0.3, -0.25) is 4.79 Å². The molecule has 0 spiro atoms. The molecule has 14 heavy (non-hydrogen) atoms. The lowest BCUT2D eigenvalue weighted by Gasteiger charge is -2.02. The second kappa shape index (κ2) is 3.42. The van der Waals surface area contributed by atoms with E-state index in [9.17, 15) is 9.59 Å². The van der Waals surface area contributed by atoms with Crippen LogP contribution in [-0.4, -0.2) is 17.0 Å². The maximum absolute atomic E-state index is 11.3. The van der Waals surface area contributed by atoms with Crippen molar-refractivity contribution < 1.29 is 14.7 Å². The zero-order valence-corrected chi connectivity index (χ0v) is 8.13. The molecule has 0 aliphatic heterocycles. The van der Waals surface area contributed by atoms with Gasteiger partial charge in [-0.2, -0.15) is 0 Å². The summed E-state index contributed by atoms with van der Waals surface area (Å²) >= 11 is 1.27. The van der Waals surface area contributed by atoms with E-state index in [0.717, 1.165) is 12.8 Å². The zero-order chi connectivity index (χ0) is 10.1. The highest BCUT2D eigenvalue weighted by atomic mass is 32.1. The van der Waals surface area contributed by atoms with E-state index in [-0.39, 0.29) is 17.4 Å². The third-order valence-corrected chi connectivity index (χ3v) is 2.84. The number of aromatic carboxylic acids is 1. The fourth-order valence-corrected chi connectivity index (χ4v) is 1.89. The first-order valence-corrected chi connectivity index (χ1v) is 5.23. The van der Waals surface area contributed by atoms with Crippen LogP contribution in [0.1, 0.15) is 23.2 Å². The molecule has 0 unspecified atom stereocenters. The summed E-state index contributed by atoms with van der Waals surface area (Å²) in [4.78, 5) is 22.1. The first-order valence-electron chi connectivity index (χ1n) is 4.29. The number of hydrogen-bond donors (Lipinski definition) is 2. The van der Waals surface area contributed by atoms with Gasteiger partial charge >= 0.3 is 5.97 Å². The average molecular weight is 211 g/mol. The molecule has 74 valence electrons. The number of carboxylic acid groups (broad SMARTS) is 1. The summed E-state index contributed by atoms with van der Waals surface area (Å²) in [6.45, 7) is 0. The van der Waals surface area contributed by atoms with Crippen LogP contribution in [0.4, 0.5) is 5.69 Å². The van der Waals surface area contributed by atoms with Gasteiger partial charge in [0.1, 0.15) is 0 Å². The molecule has 0 aromatic carbocycles. The summed E-state index contributed by atoms with van der Waals surface area (Å²) in [7, 11) is 0. The molecule has 1 aliphatic rings. The standard InChI is InChI=1S/C9H9NO3S/c11-8(5-1-2-5)10-7-4-14-3-6(7)9(12)13/h3-5H,1-2H2,(H,10,11)(H,12,13). The molecule has 0 bridgehead atoms. The van der Waals surface area contributed by atoms with Crippen molar-refractivity contribution in [2.45, 2.75) is 12.8 Å². The Hall–Kier alpha value is -1.36. The minimum Gasteiger partial charge on any atom is -0.478 e. The maximum atomic E-state index is 11.3. The average Bonchev–Trinajstić information content (AvgIpc) is 2.87. The third kappa shape index (κ3) is 1.77. The number of carbonyl (C=O) groups excluding carboxylic acids is 1. The van der Waals surface area contributed by atoms with Crippen LogP contribution in [-0.2, 0) is 4.79 Å². The molecule has 1 fully saturated rings. The second-order valence-electron chi connectivity index (χ2n) is 3.27. The molecule has 1 saturated carbocycles. The predicted molar refractivity (Wildman–Crippen MR) is 52.6 cm³/mol. The van der Waals surface area contributed by atoms with Crippen molar-refractivity contribution in [3.8, 4) is 0 Å². The van der Waals surface area contributed by atoms with Crippen molar-refractivity contribution in [2.75, 3.05) is 5.32 Å². The summed E-state index contributed by atoms with van der Waals surface area (Å²) in [6, 6.07) is 0. The van der Waals surface area contributed by atoms with Gasteiger partial charge in [-0.05, 0) is 12.8 Å². The van der Waals surface area contributed by atoms with Gasteiger partial charge in [-0.15, -0.1) is 11.3 Å². The van der Waals surface area contributed by atoms with E-state index >= 15 is 0 Å². The summed E-state index contributed by atoms with van der Waals surface area (Å²) < 4.78 is 0. The Bertz CT molecular complexity index is 381. The molecule has 0 atom stereocenters. The van der Waals surface area contributed by atoms with Crippen LogP contribution in [0.25, 0.3) is 0 Å². The van der Waals surface area contributed by atoms with Gasteiger partial charge in [0.25, 0.3) is 0 Å². The molecule has 2 N–H and O–H groups in total. The topological polar surface area (TPSA) is 66.4 Å². The number of thiophene rings is 1. The van der Waals surface area contributed by atoms with E-state index in [4.69, 9.17) is 5.11 Å². The number of anilines is 1. The highest BCUT2D eigenvalue weighted by molar-refractivity contribution is 7.08. The molecule has 5 heteroatoms. The van der Waals surface area contributed by atoms with Gasteiger partial charge in [0, 0.05) is 16.7 Å². The number of rotatable bonds is 3. The second-order valence-corrected chi connectivity index (χ2v) is 4.01. The molecule has 1 aromatic heterocycles. The van der Waals surface area contributed by atoms with Crippen LogP contribution in [0, 0.1) is 5.92 Å². The van der Waals surface area contributed by atoms with E-state index in [1.54, 1.807) is 5.38 Å². The van der Waals surface area contributed by atoms with Crippen LogP contribution in [0.3, 0.4) is 0 Å². The molecule has 0 saturated heterocycles. The highest BCUT2D eigenvalue weighted by Crippen LogP contribution is 2.31. The van der Waals surface area contributed by atoms with Gasteiger partial charge in [-0.1, -0.05) is 0 Å². The van der Waals surface area contributed by atoms with Crippen molar-refractivity contribution in [3.05, 3.63) is 16.3 Å². The number of amides is 1. The minimum absolute atomic E-state index is 0.0640. The lowest BCUT2D eigenvalue weighted by Crippen LogP contribution is -2.14. The molecule has 4 nitrogen and oxygen atoms in total. The van der Waals surface area contributed by atoms with Crippen molar-refractivity contribution in [2.24, 2.45) is 5.92 Å². The molecule has 1 heterocycles. The van der Waals surface area contributed by atoms with Crippen molar-refractivity contribution >= 4 is 28.9 Å². The van der Waals surface area contributed by atoms with Gasteiger partial charge < -0.3 is 10.4 Å². The minimum atomic E-state index is -1.00. The van der Waals surface area contributed by atoms with Crippen LogP contribution in [0.2, 0.25) is 0 Å². The Kier molecular flexibility index (Phi) is 2.25. The zero-order valence-electron chi connectivity index (χ0n) is 7.32. The van der Waals surface area contributed by atoms with Crippen molar-refractivity contribution in [1.82, 2.24) is 0 Å². The number of carboxylic acids is 1. The lowest BCUT2D eigenvalue weighted by molar-refractivity contribution is -0.117. The first kappa shape index (κ1) is 9.21. The number of carbonyl (C=O) groups is 2. The Labute approximate surface area is 84.6 Å². The van der Waals surface area contributed by atoms with E-state index in [1.807, 2.05) is 0 Å². The van der Waals surface area contributed by atoms with Gasteiger partial charge in [-0.25, -0.2) is 4.79 Å². The van der Waals surface area contributed by atoms with E-state index < -0.39 is 5.97 Å². The fourth-order valence-electron chi connectivity index (χ4n) is 1.14. The molecule has 1 aliphatic carbocycles. The Morgan fingerprint density at radius 2 is 2.14 bits per heavy atom. The molecule has 2 rings (SSSR count). The predicted octanol–water partition coefficient (Wildman–Crippen LogP) is 1.79. The first-order chi connectivity index (χ1) is 6.68. The van der Waals surface area contributed by atoms with Crippen LogP contribution in [0.15, 0.2) is 10.8 Å².